The summed E-state index contributed by atoms with van der Waals surface area (Å²) in [5, 5.41) is 0. The SMILES string of the molecule is COC(=O)C1CCCC(C(=O)OCCCCCC(C)C)C1. The van der Waals surface area contributed by atoms with E-state index in [1.807, 2.05) is 0 Å². The smallest absolute Gasteiger partial charge is 0.308 e. The van der Waals surface area contributed by atoms with E-state index < -0.39 is 0 Å². The second kappa shape index (κ2) is 9.80. The lowest BCUT2D eigenvalue weighted by molar-refractivity contribution is -0.153. The van der Waals surface area contributed by atoms with Gasteiger partial charge in [-0.1, -0.05) is 39.5 Å². The van der Waals surface area contributed by atoms with Crippen LogP contribution < -0.4 is 0 Å². The summed E-state index contributed by atoms with van der Waals surface area (Å²) in [5.41, 5.74) is 0. The molecule has 0 heterocycles. The van der Waals surface area contributed by atoms with Crippen molar-refractivity contribution in [3.05, 3.63) is 0 Å². The predicted octanol–water partition coefficient (Wildman–Crippen LogP) is 3.73. The van der Waals surface area contributed by atoms with Gasteiger partial charge in [0.2, 0.25) is 0 Å². The topological polar surface area (TPSA) is 52.6 Å². The maximum atomic E-state index is 12.0. The molecule has 1 aliphatic carbocycles. The van der Waals surface area contributed by atoms with Gasteiger partial charge in [-0.25, -0.2) is 0 Å². The molecule has 0 aromatic carbocycles. The van der Waals surface area contributed by atoms with Crippen molar-refractivity contribution in [2.75, 3.05) is 13.7 Å². The van der Waals surface area contributed by atoms with Crippen LogP contribution in [0.2, 0.25) is 0 Å². The van der Waals surface area contributed by atoms with Crippen molar-refractivity contribution >= 4 is 11.9 Å². The second-order valence-corrected chi connectivity index (χ2v) is 6.49. The van der Waals surface area contributed by atoms with Gasteiger partial charge in [0, 0.05) is 0 Å². The molecule has 122 valence electrons. The Kier molecular flexibility index (Phi) is 8.40. The highest BCUT2D eigenvalue weighted by Gasteiger charge is 2.32. The number of ether oxygens (including phenoxy) is 2. The van der Waals surface area contributed by atoms with E-state index in [2.05, 4.69) is 13.8 Å². The molecule has 0 bridgehead atoms. The van der Waals surface area contributed by atoms with Crippen LogP contribution in [0.4, 0.5) is 0 Å². The molecule has 0 spiro atoms. The molecule has 0 amide bonds. The minimum Gasteiger partial charge on any atom is -0.469 e. The van der Waals surface area contributed by atoms with Gasteiger partial charge >= 0.3 is 11.9 Å². The summed E-state index contributed by atoms with van der Waals surface area (Å²) in [5.74, 6) is 0.157. The molecule has 0 aromatic heterocycles. The highest BCUT2D eigenvalue weighted by atomic mass is 16.5. The zero-order valence-electron chi connectivity index (χ0n) is 13.7. The standard InChI is InChI=1S/C17H30O4/c1-13(2)8-5-4-6-11-21-17(19)15-10-7-9-14(12-15)16(18)20-3/h13-15H,4-12H2,1-3H3. The molecule has 2 unspecified atom stereocenters. The fourth-order valence-corrected chi connectivity index (χ4v) is 2.91. The van der Waals surface area contributed by atoms with E-state index in [4.69, 9.17) is 9.47 Å². The summed E-state index contributed by atoms with van der Waals surface area (Å²) in [6.07, 6.45) is 7.62. The Bertz CT molecular complexity index is 325. The van der Waals surface area contributed by atoms with Gasteiger partial charge in [-0.15, -0.1) is 0 Å². The van der Waals surface area contributed by atoms with Crippen molar-refractivity contribution in [3.8, 4) is 0 Å². The van der Waals surface area contributed by atoms with Crippen molar-refractivity contribution in [3.63, 3.8) is 0 Å². The van der Waals surface area contributed by atoms with Crippen LogP contribution in [-0.4, -0.2) is 25.7 Å². The molecule has 0 radical (unpaired) electrons. The Hall–Kier alpha value is -1.06. The first-order chi connectivity index (χ1) is 10.0. The quantitative estimate of drug-likeness (QED) is 0.506. The number of methoxy groups -OCH3 is 1. The van der Waals surface area contributed by atoms with Gasteiger partial charge in [0.1, 0.15) is 0 Å². The first-order valence-electron chi connectivity index (χ1n) is 8.29. The maximum absolute atomic E-state index is 12.0. The van der Waals surface area contributed by atoms with E-state index in [0.717, 1.165) is 38.0 Å². The summed E-state index contributed by atoms with van der Waals surface area (Å²) in [7, 11) is 1.40. The molecule has 0 N–H and O–H groups in total. The number of carbonyl (C=O) groups excluding carboxylic acids is 2. The predicted molar refractivity (Wildman–Crippen MR) is 81.7 cm³/mol. The van der Waals surface area contributed by atoms with Gasteiger partial charge in [0.25, 0.3) is 0 Å². The average Bonchev–Trinajstić information content (AvgIpc) is 2.49. The number of hydrogen-bond donors (Lipinski definition) is 0. The van der Waals surface area contributed by atoms with Crippen LogP contribution >= 0.6 is 0 Å². The van der Waals surface area contributed by atoms with E-state index in [-0.39, 0.29) is 23.8 Å². The molecule has 4 nitrogen and oxygen atoms in total. The van der Waals surface area contributed by atoms with Gasteiger partial charge in [-0.2, -0.15) is 0 Å². The molecule has 2 atom stereocenters. The molecular weight excluding hydrogens is 268 g/mol. The van der Waals surface area contributed by atoms with E-state index >= 15 is 0 Å². The summed E-state index contributed by atoms with van der Waals surface area (Å²) >= 11 is 0. The third-order valence-corrected chi connectivity index (χ3v) is 4.21. The van der Waals surface area contributed by atoms with Crippen LogP contribution in [0.1, 0.15) is 65.2 Å². The summed E-state index contributed by atoms with van der Waals surface area (Å²) < 4.78 is 10.1. The lowest BCUT2D eigenvalue weighted by Crippen LogP contribution is -2.29. The zero-order chi connectivity index (χ0) is 15.7. The number of esters is 2. The van der Waals surface area contributed by atoms with Crippen LogP contribution in [0.5, 0.6) is 0 Å². The Labute approximate surface area is 128 Å². The van der Waals surface area contributed by atoms with Gasteiger partial charge in [-0.3, -0.25) is 9.59 Å². The van der Waals surface area contributed by atoms with Crippen LogP contribution in [0, 0.1) is 17.8 Å². The van der Waals surface area contributed by atoms with Crippen molar-refractivity contribution in [2.45, 2.75) is 65.2 Å². The lowest BCUT2D eigenvalue weighted by Gasteiger charge is -2.25. The average molecular weight is 298 g/mol. The van der Waals surface area contributed by atoms with Crippen LogP contribution in [-0.2, 0) is 19.1 Å². The highest BCUT2D eigenvalue weighted by molar-refractivity contribution is 5.76. The van der Waals surface area contributed by atoms with E-state index in [0.29, 0.717) is 13.0 Å². The van der Waals surface area contributed by atoms with Crippen LogP contribution in [0.3, 0.4) is 0 Å². The highest BCUT2D eigenvalue weighted by Crippen LogP contribution is 2.30. The molecule has 1 aliphatic rings. The summed E-state index contributed by atoms with van der Waals surface area (Å²) in [4.78, 5) is 23.6. The van der Waals surface area contributed by atoms with Crippen LogP contribution in [0.15, 0.2) is 0 Å². The second-order valence-electron chi connectivity index (χ2n) is 6.49. The van der Waals surface area contributed by atoms with Crippen LogP contribution in [0.25, 0.3) is 0 Å². The number of unbranched alkanes of at least 4 members (excludes halogenated alkanes) is 2. The summed E-state index contributed by atoms with van der Waals surface area (Å²) in [6, 6.07) is 0. The molecular formula is C17H30O4. The monoisotopic (exact) mass is 298 g/mol. The number of carbonyl (C=O) groups is 2. The van der Waals surface area contributed by atoms with Gasteiger partial charge < -0.3 is 9.47 Å². The molecule has 1 rings (SSSR count). The van der Waals surface area contributed by atoms with Gasteiger partial charge in [0.05, 0.1) is 25.6 Å². The number of rotatable bonds is 8. The Morgan fingerprint density at radius 1 is 1.05 bits per heavy atom. The molecule has 21 heavy (non-hydrogen) atoms. The molecule has 0 aromatic rings. The first-order valence-corrected chi connectivity index (χ1v) is 8.29. The molecule has 1 saturated carbocycles. The van der Waals surface area contributed by atoms with E-state index in [9.17, 15) is 9.59 Å². The fraction of sp³-hybridized carbons (Fsp3) is 0.882. The minimum absolute atomic E-state index is 0.126. The first kappa shape index (κ1) is 18.0. The van der Waals surface area contributed by atoms with Crippen molar-refractivity contribution in [1.29, 1.82) is 0 Å². The maximum Gasteiger partial charge on any atom is 0.308 e. The largest absolute Gasteiger partial charge is 0.469 e. The minimum atomic E-state index is -0.193. The molecule has 4 heteroatoms. The van der Waals surface area contributed by atoms with Gasteiger partial charge in [-0.05, 0) is 31.6 Å². The van der Waals surface area contributed by atoms with Gasteiger partial charge in [0.15, 0.2) is 0 Å². The molecule has 1 fully saturated rings. The third-order valence-electron chi connectivity index (χ3n) is 4.21. The Morgan fingerprint density at radius 3 is 2.33 bits per heavy atom. The van der Waals surface area contributed by atoms with E-state index in [1.54, 1.807) is 0 Å². The number of hydrogen-bond acceptors (Lipinski definition) is 4. The lowest BCUT2D eigenvalue weighted by atomic mass is 9.81. The Balaban J connectivity index is 2.18. The van der Waals surface area contributed by atoms with E-state index in [1.165, 1.54) is 20.0 Å². The fourth-order valence-electron chi connectivity index (χ4n) is 2.91. The van der Waals surface area contributed by atoms with Crippen molar-refractivity contribution in [1.82, 2.24) is 0 Å². The van der Waals surface area contributed by atoms with Crippen molar-refractivity contribution in [2.24, 2.45) is 17.8 Å². The third kappa shape index (κ3) is 6.96. The Morgan fingerprint density at radius 2 is 1.71 bits per heavy atom. The molecule has 0 aliphatic heterocycles. The zero-order valence-corrected chi connectivity index (χ0v) is 13.7. The summed E-state index contributed by atoms with van der Waals surface area (Å²) in [6.45, 7) is 4.96. The normalized spacial score (nSPS) is 22.1. The van der Waals surface area contributed by atoms with Crippen molar-refractivity contribution < 1.29 is 19.1 Å². The molecule has 0 saturated heterocycles.